The van der Waals surface area contributed by atoms with Gasteiger partial charge in [-0.15, -0.1) is 11.3 Å². The summed E-state index contributed by atoms with van der Waals surface area (Å²) in [6.45, 7) is 3.49. The maximum Gasteiger partial charge on any atom is 0.234 e. The summed E-state index contributed by atoms with van der Waals surface area (Å²) in [6, 6.07) is 15.1. The van der Waals surface area contributed by atoms with Crippen LogP contribution in [0, 0.1) is 0 Å². The molecule has 3 aromatic rings. The molecule has 170 valence electrons. The summed E-state index contributed by atoms with van der Waals surface area (Å²) < 4.78 is 0.745. The average molecular weight is 481 g/mol. The van der Waals surface area contributed by atoms with E-state index in [9.17, 15) is 14.4 Å². The predicted octanol–water partition coefficient (Wildman–Crippen LogP) is 4.35. The number of fused-ring (bicyclic) bond motifs is 1. The topological polar surface area (TPSA) is 91.4 Å². The van der Waals surface area contributed by atoms with Gasteiger partial charge >= 0.3 is 0 Å². The fourth-order valence-corrected chi connectivity index (χ4v) is 5.47. The second-order valence-corrected chi connectivity index (χ2v) is 9.91. The standard InChI is InChI=1S/C24H24N4O3S2/c1-15-10-17-6-3-4-9-21(17)28(15)23(31)12-20-13-32-24(27-20)33-14-22(30)26-19-8-5-7-18(11-19)25-16(2)29/h3-9,11,13,15H,10,12,14H2,1-2H3,(H,25,29)(H,26,30). The van der Waals surface area contributed by atoms with E-state index in [-0.39, 0.29) is 35.9 Å². The minimum absolute atomic E-state index is 0.0334. The van der Waals surface area contributed by atoms with E-state index in [1.165, 1.54) is 35.6 Å². The molecular formula is C24H24N4O3S2. The Kier molecular flexibility index (Phi) is 7.10. The van der Waals surface area contributed by atoms with E-state index in [2.05, 4.69) is 28.6 Å². The van der Waals surface area contributed by atoms with Gasteiger partial charge in [-0.2, -0.15) is 0 Å². The van der Waals surface area contributed by atoms with E-state index >= 15 is 0 Å². The minimum atomic E-state index is -0.171. The first-order valence-electron chi connectivity index (χ1n) is 10.5. The van der Waals surface area contributed by atoms with Gasteiger partial charge in [0.05, 0.1) is 17.9 Å². The van der Waals surface area contributed by atoms with Gasteiger partial charge in [0.25, 0.3) is 0 Å². The number of para-hydroxylation sites is 1. The van der Waals surface area contributed by atoms with Crippen molar-refractivity contribution in [1.82, 2.24) is 4.98 Å². The Morgan fingerprint density at radius 2 is 1.88 bits per heavy atom. The lowest BCUT2D eigenvalue weighted by molar-refractivity contribution is -0.118. The zero-order chi connectivity index (χ0) is 23.4. The molecule has 1 aromatic heterocycles. The fourth-order valence-electron chi connectivity index (χ4n) is 3.82. The Bertz CT molecular complexity index is 1190. The molecule has 2 heterocycles. The van der Waals surface area contributed by atoms with Crippen molar-refractivity contribution in [2.45, 2.75) is 37.1 Å². The number of carbonyl (C=O) groups is 3. The maximum atomic E-state index is 13.0. The average Bonchev–Trinajstić information content (AvgIpc) is 3.34. The maximum absolute atomic E-state index is 13.0. The number of benzene rings is 2. The third-order valence-corrected chi connectivity index (χ3v) is 7.20. The van der Waals surface area contributed by atoms with Crippen molar-refractivity contribution in [2.24, 2.45) is 0 Å². The van der Waals surface area contributed by atoms with Crippen molar-refractivity contribution in [3.8, 4) is 0 Å². The zero-order valence-corrected chi connectivity index (χ0v) is 20.0. The Morgan fingerprint density at radius 3 is 2.67 bits per heavy atom. The molecule has 0 fully saturated rings. The zero-order valence-electron chi connectivity index (χ0n) is 18.3. The van der Waals surface area contributed by atoms with Crippen LogP contribution in [0.4, 0.5) is 17.1 Å². The smallest absolute Gasteiger partial charge is 0.234 e. The first kappa shape index (κ1) is 23.0. The summed E-state index contributed by atoms with van der Waals surface area (Å²) in [7, 11) is 0. The van der Waals surface area contributed by atoms with Crippen LogP contribution in [0.3, 0.4) is 0 Å². The van der Waals surface area contributed by atoms with Crippen molar-refractivity contribution >= 4 is 57.9 Å². The molecule has 4 rings (SSSR count). The van der Waals surface area contributed by atoms with Gasteiger partial charge in [0.15, 0.2) is 4.34 Å². The van der Waals surface area contributed by atoms with E-state index in [1.54, 1.807) is 24.3 Å². The van der Waals surface area contributed by atoms with Crippen molar-refractivity contribution in [3.63, 3.8) is 0 Å². The van der Waals surface area contributed by atoms with Gasteiger partial charge in [-0.3, -0.25) is 14.4 Å². The lowest BCUT2D eigenvalue weighted by atomic mass is 10.1. The highest BCUT2D eigenvalue weighted by Crippen LogP contribution is 2.32. The molecule has 3 amide bonds. The predicted molar refractivity (Wildman–Crippen MR) is 133 cm³/mol. The van der Waals surface area contributed by atoms with Gasteiger partial charge in [-0.1, -0.05) is 36.0 Å². The summed E-state index contributed by atoms with van der Waals surface area (Å²) in [4.78, 5) is 42.9. The molecule has 7 nitrogen and oxygen atoms in total. The molecule has 9 heteroatoms. The van der Waals surface area contributed by atoms with Crippen LogP contribution in [0.15, 0.2) is 58.3 Å². The van der Waals surface area contributed by atoms with Gasteiger partial charge in [0, 0.05) is 35.4 Å². The minimum Gasteiger partial charge on any atom is -0.326 e. The summed E-state index contributed by atoms with van der Waals surface area (Å²) in [5.41, 5.74) is 4.13. The van der Waals surface area contributed by atoms with Crippen LogP contribution in [-0.2, 0) is 27.2 Å². The number of thiazole rings is 1. The number of hydrogen-bond donors (Lipinski definition) is 2. The van der Waals surface area contributed by atoms with Crippen LogP contribution in [0.2, 0.25) is 0 Å². The molecule has 1 atom stereocenters. The Morgan fingerprint density at radius 1 is 1.12 bits per heavy atom. The van der Waals surface area contributed by atoms with Crippen LogP contribution in [0.5, 0.6) is 0 Å². The van der Waals surface area contributed by atoms with Crippen molar-refractivity contribution < 1.29 is 14.4 Å². The van der Waals surface area contributed by atoms with Crippen LogP contribution in [0.25, 0.3) is 0 Å². The molecule has 1 aliphatic heterocycles. The largest absolute Gasteiger partial charge is 0.326 e. The summed E-state index contributed by atoms with van der Waals surface area (Å²) >= 11 is 2.76. The fraction of sp³-hybridized carbons (Fsp3) is 0.250. The lowest BCUT2D eigenvalue weighted by Crippen LogP contribution is -2.36. The normalized spacial score (nSPS) is 14.6. The van der Waals surface area contributed by atoms with Gasteiger partial charge in [-0.25, -0.2) is 4.98 Å². The second kappa shape index (κ2) is 10.2. The Labute approximate surface area is 200 Å². The number of rotatable bonds is 7. The molecule has 2 N–H and O–H groups in total. The molecule has 0 saturated carbocycles. The van der Waals surface area contributed by atoms with Crippen molar-refractivity contribution in [2.75, 3.05) is 21.3 Å². The molecule has 33 heavy (non-hydrogen) atoms. The summed E-state index contributed by atoms with van der Waals surface area (Å²) in [5, 5.41) is 7.39. The highest BCUT2D eigenvalue weighted by molar-refractivity contribution is 8.01. The third kappa shape index (κ3) is 5.80. The molecule has 0 aliphatic carbocycles. The molecule has 1 unspecified atom stereocenters. The van der Waals surface area contributed by atoms with Gasteiger partial charge < -0.3 is 15.5 Å². The third-order valence-electron chi connectivity index (χ3n) is 5.13. The van der Waals surface area contributed by atoms with E-state index in [1.807, 2.05) is 28.5 Å². The van der Waals surface area contributed by atoms with Crippen LogP contribution < -0.4 is 15.5 Å². The molecule has 0 saturated heterocycles. The number of nitrogens with one attached hydrogen (secondary N) is 2. The number of thioether (sulfide) groups is 1. The molecule has 2 aromatic carbocycles. The number of carbonyl (C=O) groups excluding carboxylic acids is 3. The summed E-state index contributed by atoms with van der Waals surface area (Å²) in [6.07, 6.45) is 1.10. The Balaban J connectivity index is 1.30. The van der Waals surface area contributed by atoms with Crippen LogP contribution in [-0.4, -0.2) is 34.5 Å². The van der Waals surface area contributed by atoms with E-state index in [4.69, 9.17) is 0 Å². The molecule has 1 aliphatic rings. The van der Waals surface area contributed by atoms with Crippen LogP contribution in [0.1, 0.15) is 25.1 Å². The number of anilines is 3. The van der Waals surface area contributed by atoms with Gasteiger partial charge in [0.2, 0.25) is 17.7 Å². The van der Waals surface area contributed by atoms with E-state index < -0.39 is 0 Å². The number of aromatic nitrogens is 1. The lowest BCUT2D eigenvalue weighted by Gasteiger charge is -2.22. The number of amides is 3. The molecular weight excluding hydrogens is 456 g/mol. The van der Waals surface area contributed by atoms with Crippen molar-refractivity contribution in [1.29, 1.82) is 0 Å². The number of nitrogens with zero attached hydrogens (tertiary/aromatic N) is 2. The van der Waals surface area contributed by atoms with Gasteiger partial charge in [0.1, 0.15) is 0 Å². The molecule has 0 radical (unpaired) electrons. The SMILES string of the molecule is CC(=O)Nc1cccc(NC(=O)CSc2nc(CC(=O)N3c4ccccc4CC3C)cs2)c1. The Hall–Kier alpha value is -3.17. The quantitative estimate of drug-likeness (QED) is 0.491. The second-order valence-electron chi connectivity index (χ2n) is 7.83. The summed E-state index contributed by atoms with van der Waals surface area (Å²) in [5.74, 6) is -0.112. The van der Waals surface area contributed by atoms with Crippen LogP contribution >= 0.6 is 23.1 Å². The first-order chi connectivity index (χ1) is 15.9. The first-order valence-corrected chi connectivity index (χ1v) is 12.4. The highest BCUT2D eigenvalue weighted by Gasteiger charge is 2.30. The van der Waals surface area contributed by atoms with E-state index in [0.717, 1.165) is 16.4 Å². The van der Waals surface area contributed by atoms with Crippen molar-refractivity contribution in [3.05, 3.63) is 65.2 Å². The molecule has 0 spiro atoms. The molecule has 0 bridgehead atoms. The van der Waals surface area contributed by atoms with Gasteiger partial charge in [-0.05, 0) is 43.2 Å². The number of hydrogen-bond acceptors (Lipinski definition) is 6. The monoisotopic (exact) mass is 480 g/mol. The highest BCUT2D eigenvalue weighted by atomic mass is 32.2. The van der Waals surface area contributed by atoms with E-state index in [0.29, 0.717) is 17.1 Å².